The maximum Gasteiger partial charge on any atom is 0.270 e. The number of carbonyl (C=O) groups excluding carboxylic acids is 1. The summed E-state index contributed by atoms with van der Waals surface area (Å²) in [7, 11) is 0. The van der Waals surface area contributed by atoms with E-state index in [4.69, 9.17) is 0 Å². The largest absolute Gasteiger partial charge is 0.325 e. The minimum absolute atomic E-state index is 0.0106. The molecule has 0 radical (unpaired) electrons. The first-order valence-corrected chi connectivity index (χ1v) is 10.9. The summed E-state index contributed by atoms with van der Waals surface area (Å²) in [5, 5.41) is 14.8. The minimum atomic E-state index is -0.415. The van der Waals surface area contributed by atoms with Crippen LogP contribution in [0.1, 0.15) is 5.56 Å². The van der Waals surface area contributed by atoms with Gasteiger partial charge in [0, 0.05) is 23.4 Å². The van der Waals surface area contributed by atoms with Gasteiger partial charge in [0.1, 0.15) is 0 Å². The first-order valence-electron chi connectivity index (χ1n) is 9.89. The number of aryl methyl sites for hydroxylation is 1. The molecular formula is C24H20N4O3S. The molecule has 3 aromatic carbocycles. The predicted molar refractivity (Wildman–Crippen MR) is 126 cm³/mol. The highest BCUT2D eigenvalue weighted by Crippen LogP contribution is 2.32. The van der Waals surface area contributed by atoms with Crippen molar-refractivity contribution in [3.63, 3.8) is 0 Å². The third-order valence-electron chi connectivity index (χ3n) is 4.83. The Morgan fingerprint density at radius 2 is 1.81 bits per heavy atom. The van der Waals surface area contributed by atoms with Crippen LogP contribution in [0.2, 0.25) is 0 Å². The molecule has 0 fully saturated rings. The van der Waals surface area contributed by atoms with Crippen molar-refractivity contribution in [1.82, 2.24) is 9.55 Å². The van der Waals surface area contributed by atoms with Crippen LogP contribution < -0.4 is 5.32 Å². The van der Waals surface area contributed by atoms with Gasteiger partial charge in [-0.2, -0.15) is 0 Å². The lowest BCUT2D eigenvalue weighted by atomic mass is 10.1. The molecule has 4 rings (SSSR count). The van der Waals surface area contributed by atoms with Crippen LogP contribution in [0, 0.1) is 17.0 Å². The fourth-order valence-corrected chi connectivity index (χ4v) is 4.10. The van der Waals surface area contributed by atoms with Gasteiger partial charge in [-0.1, -0.05) is 60.3 Å². The van der Waals surface area contributed by atoms with Crippen molar-refractivity contribution in [1.29, 1.82) is 0 Å². The van der Waals surface area contributed by atoms with Crippen molar-refractivity contribution in [3.05, 3.63) is 101 Å². The van der Waals surface area contributed by atoms with Gasteiger partial charge < -0.3 is 5.32 Å². The van der Waals surface area contributed by atoms with Gasteiger partial charge in [0.15, 0.2) is 5.16 Å². The number of para-hydroxylation sites is 2. The van der Waals surface area contributed by atoms with Crippen LogP contribution >= 0.6 is 11.8 Å². The summed E-state index contributed by atoms with van der Waals surface area (Å²) in [6, 6.07) is 23.6. The summed E-state index contributed by atoms with van der Waals surface area (Å²) in [6.45, 7) is 1.99. The van der Waals surface area contributed by atoms with Gasteiger partial charge in [-0.05, 0) is 30.7 Å². The summed E-state index contributed by atoms with van der Waals surface area (Å²) in [4.78, 5) is 27.8. The fourth-order valence-electron chi connectivity index (χ4n) is 3.31. The molecule has 0 aliphatic heterocycles. The van der Waals surface area contributed by atoms with Gasteiger partial charge in [-0.3, -0.25) is 19.5 Å². The third kappa shape index (κ3) is 4.70. The molecule has 1 N–H and O–H groups in total. The van der Waals surface area contributed by atoms with E-state index in [1.165, 1.54) is 23.9 Å². The molecule has 0 spiro atoms. The lowest BCUT2D eigenvalue weighted by Gasteiger charge is -2.14. The number of thioether (sulfide) groups is 1. The van der Waals surface area contributed by atoms with Crippen LogP contribution in [0.25, 0.3) is 16.9 Å². The molecule has 8 heteroatoms. The molecule has 0 saturated heterocycles. The number of non-ortho nitro benzene ring substituents is 1. The molecule has 1 heterocycles. The van der Waals surface area contributed by atoms with E-state index in [2.05, 4.69) is 10.3 Å². The second-order valence-electron chi connectivity index (χ2n) is 7.06. The van der Waals surface area contributed by atoms with E-state index in [0.29, 0.717) is 16.4 Å². The number of benzene rings is 3. The first-order chi connectivity index (χ1) is 15.5. The number of hydrogen-bond acceptors (Lipinski definition) is 5. The van der Waals surface area contributed by atoms with E-state index in [1.807, 2.05) is 72.2 Å². The monoisotopic (exact) mass is 444 g/mol. The van der Waals surface area contributed by atoms with Crippen molar-refractivity contribution in [2.24, 2.45) is 0 Å². The van der Waals surface area contributed by atoms with E-state index in [-0.39, 0.29) is 17.3 Å². The van der Waals surface area contributed by atoms with Crippen molar-refractivity contribution in [2.45, 2.75) is 12.1 Å². The van der Waals surface area contributed by atoms with E-state index in [9.17, 15) is 14.9 Å². The van der Waals surface area contributed by atoms with Crippen LogP contribution in [0.4, 0.5) is 11.4 Å². The molecule has 0 unspecified atom stereocenters. The zero-order chi connectivity index (χ0) is 22.5. The normalized spacial score (nSPS) is 10.7. The number of anilines is 1. The van der Waals surface area contributed by atoms with Crippen molar-refractivity contribution in [2.75, 3.05) is 11.1 Å². The van der Waals surface area contributed by atoms with Crippen LogP contribution in [0.15, 0.2) is 90.2 Å². The Bertz CT molecular complexity index is 1270. The van der Waals surface area contributed by atoms with Gasteiger partial charge in [-0.25, -0.2) is 4.98 Å². The Morgan fingerprint density at radius 1 is 1.06 bits per heavy atom. The molecule has 0 bridgehead atoms. The average Bonchev–Trinajstić information content (AvgIpc) is 3.22. The number of nitrogens with one attached hydrogen (secondary N) is 1. The van der Waals surface area contributed by atoms with Gasteiger partial charge in [0.05, 0.1) is 28.3 Å². The van der Waals surface area contributed by atoms with E-state index >= 15 is 0 Å². The van der Waals surface area contributed by atoms with Gasteiger partial charge in [-0.15, -0.1) is 0 Å². The SMILES string of the molecule is Cc1ccccc1-n1c(-c2cccc([N+](=O)[O-])c2)cnc1SCC(=O)Nc1ccccc1. The average molecular weight is 445 g/mol. The molecule has 32 heavy (non-hydrogen) atoms. The number of carbonyl (C=O) groups is 1. The van der Waals surface area contributed by atoms with E-state index in [1.54, 1.807) is 12.3 Å². The first kappa shape index (κ1) is 21.3. The van der Waals surface area contributed by atoms with Crippen molar-refractivity contribution < 1.29 is 9.72 Å². The highest BCUT2D eigenvalue weighted by atomic mass is 32.2. The second-order valence-corrected chi connectivity index (χ2v) is 8.00. The minimum Gasteiger partial charge on any atom is -0.325 e. The Kier molecular flexibility index (Phi) is 6.32. The maximum atomic E-state index is 12.5. The molecule has 160 valence electrons. The summed E-state index contributed by atoms with van der Waals surface area (Å²) in [5.41, 5.74) is 4.06. The van der Waals surface area contributed by atoms with Gasteiger partial charge >= 0.3 is 0 Å². The van der Waals surface area contributed by atoms with Crippen LogP contribution in [0.3, 0.4) is 0 Å². The van der Waals surface area contributed by atoms with Gasteiger partial charge in [0.25, 0.3) is 5.69 Å². The number of rotatable bonds is 7. The van der Waals surface area contributed by atoms with Gasteiger partial charge in [0.2, 0.25) is 5.91 Å². The molecule has 0 aliphatic rings. The molecule has 1 amide bonds. The number of nitrogens with zero attached hydrogens (tertiary/aromatic N) is 3. The smallest absolute Gasteiger partial charge is 0.270 e. The number of aromatic nitrogens is 2. The predicted octanol–water partition coefficient (Wildman–Crippen LogP) is 5.49. The molecule has 0 atom stereocenters. The lowest BCUT2D eigenvalue weighted by molar-refractivity contribution is -0.384. The zero-order valence-electron chi connectivity index (χ0n) is 17.3. The molecule has 1 aromatic heterocycles. The molecule has 7 nitrogen and oxygen atoms in total. The number of amides is 1. The van der Waals surface area contributed by atoms with Crippen molar-refractivity contribution >= 4 is 29.0 Å². The third-order valence-corrected chi connectivity index (χ3v) is 5.78. The lowest BCUT2D eigenvalue weighted by Crippen LogP contribution is -2.14. The Labute approximate surface area is 189 Å². The molecule has 4 aromatic rings. The number of hydrogen-bond donors (Lipinski definition) is 1. The van der Waals surface area contributed by atoms with E-state index in [0.717, 1.165) is 16.9 Å². The molecular weight excluding hydrogens is 424 g/mol. The summed E-state index contributed by atoms with van der Waals surface area (Å²) >= 11 is 1.31. The Balaban J connectivity index is 1.67. The van der Waals surface area contributed by atoms with Crippen LogP contribution in [-0.2, 0) is 4.79 Å². The van der Waals surface area contributed by atoms with Crippen LogP contribution in [-0.4, -0.2) is 26.1 Å². The standard InChI is InChI=1S/C24H20N4O3S/c1-17-8-5-6-13-21(17)27-22(18-9-7-12-20(14-18)28(30)31)15-25-24(27)32-16-23(29)26-19-10-3-2-4-11-19/h2-15H,16H2,1H3,(H,26,29). The molecule has 0 saturated carbocycles. The number of nitro groups is 1. The Morgan fingerprint density at radius 3 is 2.56 bits per heavy atom. The highest BCUT2D eigenvalue weighted by molar-refractivity contribution is 7.99. The van der Waals surface area contributed by atoms with Crippen LogP contribution in [0.5, 0.6) is 0 Å². The zero-order valence-corrected chi connectivity index (χ0v) is 18.1. The second kappa shape index (κ2) is 9.49. The van der Waals surface area contributed by atoms with Crippen molar-refractivity contribution in [3.8, 4) is 16.9 Å². The summed E-state index contributed by atoms with van der Waals surface area (Å²) in [6.07, 6.45) is 1.68. The summed E-state index contributed by atoms with van der Waals surface area (Å²) < 4.78 is 1.94. The van der Waals surface area contributed by atoms with E-state index < -0.39 is 4.92 Å². The quantitative estimate of drug-likeness (QED) is 0.231. The summed E-state index contributed by atoms with van der Waals surface area (Å²) in [5.74, 6) is 0.0315. The Hall–Kier alpha value is -3.91. The topological polar surface area (TPSA) is 90.1 Å². The number of imidazole rings is 1. The molecule has 0 aliphatic carbocycles. The maximum absolute atomic E-state index is 12.5. The number of nitro benzene ring substituents is 1. The highest BCUT2D eigenvalue weighted by Gasteiger charge is 2.18. The fraction of sp³-hybridized carbons (Fsp3) is 0.0833.